The molecule has 8 heteroatoms. The van der Waals surface area contributed by atoms with Gasteiger partial charge in [0.25, 0.3) is 0 Å². The van der Waals surface area contributed by atoms with Gasteiger partial charge in [0.05, 0.1) is 0 Å². The number of rotatable bonds is 32. The first-order chi connectivity index (χ1) is 26.3. The van der Waals surface area contributed by atoms with Crippen molar-refractivity contribution in [3.05, 3.63) is 28.1 Å². The van der Waals surface area contributed by atoms with Crippen LogP contribution in [0.5, 0.6) is 0 Å². The Morgan fingerprint density at radius 1 is 0.481 bits per heavy atom. The Bertz CT molecular complexity index is 1530. The third kappa shape index (κ3) is 17.0. The number of hydrogen-bond acceptors (Lipinski definition) is 6. The van der Waals surface area contributed by atoms with Crippen molar-refractivity contribution < 1.29 is 0 Å². The van der Waals surface area contributed by atoms with Crippen molar-refractivity contribution in [3.63, 3.8) is 0 Å². The van der Waals surface area contributed by atoms with E-state index in [0.29, 0.717) is 0 Å². The molecule has 0 spiro atoms. The van der Waals surface area contributed by atoms with Crippen molar-refractivity contribution in [1.29, 1.82) is 0 Å². The van der Waals surface area contributed by atoms with Crippen LogP contribution in [-0.4, -0.2) is 49.5 Å². The first-order valence-corrected chi connectivity index (χ1v) is 39.9. The SMILES string of the molecule is CCCCCCCCCCCCCCc1cc([CH2][Sn][CH2]C)sc1-c1nc2sc(-c3s[c]([Sn]([CH3])([CH3])[CH3])cc3CCCCCCCCCCCCCC)nc2s1. The van der Waals surface area contributed by atoms with E-state index in [4.69, 9.17) is 9.97 Å². The summed E-state index contributed by atoms with van der Waals surface area (Å²) in [6, 6.07) is 5.19. The molecular formula is C46H76N2S4Sn2. The molecule has 0 saturated heterocycles. The molecule has 0 aliphatic carbocycles. The molecule has 0 amide bonds. The standard InChI is InChI=1S/C41H62N2S4.C2H5.3CH3.2Sn/c1-4-6-8-10-12-14-16-18-20-22-24-26-28-34-30-31-44-36(34)38-42-40-41(46-38)43-39(47-40)37-35(32-33(3)45-37)29-27-25-23-21-19-17-15-13-11-9-7-5-2;1-2;;;;;/h30,32H,3-29H2,1-2H3;1H2,2H3;3*1H3;;. The number of hydrogen-bond donors (Lipinski definition) is 0. The van der Waals surface area contributed by atoms with Crippen molar-refractivity contribution >= 4 is 97.4 Å². The third-order valence-electron chi connectivity index (χ3n) is 10.9. The molecular weight excluding hydrogens is 946 g/mol. The van der Waals surface area contributed by atoms with E-state index in [2.05, 4.69) is 70.4 Å². The second kappa shape index (κ2) is 27.3. The molecule has 4 aromatic heterocycles. The molecule has 4 heterocycles. The summed E-state index contributed by atoms with van der Waals surface area (Å²) in [7, 11) is 0. The predicted molar refractivity (Wildman–Crippen MR) is 254 cm³/mol. The van der Waals surface area contributed by atoms with Gasteiger partial charge in [0.2, 0.25) is 0 Å². The molecule has 54 heavy (non-hydrogen) atoms. The Balaban J connectivity index is 1.31. The molecule has 302 valence electrons. The van der Waals surface area contributed by atoms with Gasteiger partial charge in [0.1, 0.15) is 0 Å². The van der Waals surface area contributed by atoms with E-state index < -0.39 is 18.4 Å². The Hall–Kier alpha value is 0.517. The normalized spacial score (nSPS) is 12.2. The van der Waals surface area contributed by atoms with E-state index in [-0.39, 0.29) is 21.1 Å². The summed E-state index contributed by atoms with van der Waals surface area (Å²) in [5, 5.41) is 2.46. The molecule has 0 saturated carbocycles. The number of thiazole rings is 2. The monoisotopic (exact) mass is 1020 g/mol. The molecule has 2 radical (unpaired) electrons. The fourth-order valence-electron chi connectivity index (χ4n) is 7.50. The van der Waals surface area contributed by atoms with Crippen LogP contribution in [0.3, 0.4) is 0 Å². The van der Waals surface area contributed by atoms with Crippen LogP contribution in [0.15, 0.2) is 12.1 Å². The van der Waals surface area contributed by atoms with Gasteiger partial charge in [-0.05, 0) is 0 Å². The second-order valence-electron chi connectivity index (χ2n) is 17.0. The van der Waals surface area contributed by atoms with Crippen LogP contribution in [0.25, 0.3) is 29.4 Å². The molecule has 4 rings (SSSR count). The summed E-state index contributed by atoms with van der Waals surface area (Å²) in [4.78, 5) is 25.3. The van der Waals surface area contributed by atoms with Crippen LogP contribution in [0.4, 0.5) is 0 Å². The molecule has 0 bridgehead atoms. The Kier molecular flexibility index (Phi) is 23.9. The summed E-state index contributed by atoms with van der Waals surface area (Å²) in [5.41, 5.74) is 3.15. The Labute approximate surface area is 363 Å². The Morgan fingerprint density at radius 2 is 0.870 bits per heavy atom. The Morgan fingerprint density at radius 3 is 1.28 bits per heavy atom. The molecule has 2 nitrogen and oxygen atoms in total. The van der Waals surface area contributed by atoms with Crippen LogP contribution in [0.1, 0.15) is 191 Å². The number of thiophene rings is 2. The molecule has 0 fully saturated rings. The van der Waals surface area contributed by atoms with Gasteiger partial charge in [-0.3, -0.25) is 0 Å². The van der Waals surface area contributed by atoms with E-state index in [1.54, 1.807) is 18.9 Å². The summed E-state index contributed by atoms with van der Waals surface area (Å²) in [6.07, 6.45) is 36.3. The van der Waals surface area contributed by atoms with Crippen LogP contribution in [0, 0.1) is 0 Å². The van der Waals surface area contributed by atoms with Gasteiger partial charge < -0.3 is 0 Å². The van der Waals surface area contributed by atoms with Crippen molar-refractivity contribution in [2.75, 3.05) is 0 Å². The number of aryl methyl sites for hydroxylation is 2. The molecule has 0 unspecified atom stereocenters. The van der Waals surface area contributed by atoms with Gasteiger partial charge >= 0.3 is 295 Å². The first-order valence-electron chi connectivity index (χ1n) is 22.6. The van der Waals surface area contributed by atoms with Crippen LogP contribution in [0.2, 0.25) is 19.3 Å². The average molecular weight is 1020 g/mol. The van der Waals surface area contributed by atoms with Gasteiger partial charge in [-0.15, -0.1) is 0 Å². The summed E-state index contributed by atoms with van der Waals surface area (Å²) < 4.78 is 4.50. The maximum atomic E-state index is 5.34. The van der Waals surface area contributed by atoms with E-state index in [9.17, 15) is 0 Å². The fourth-order valence-corrected chi connectivity index (χ4v) is 20.3. The van der Waals surface area contributed by atoms with Gasteiger partial charge in [-0.1, -0.05) is 71.6 Å². The molecule has 0 atom stereocenters. The number of unbranched alkanes of at least 4 members (excludes halogenated alkanes) is 22. The minimum atomic E-state index is -2.19. The second-order valence-corrected chi connectivity index (χ2v) is 41.0. The summed E-state index contributed by atoms with van der Waals surface area (Å²) in [6.45, 7) is 7.01. The van der Waals surface area contributed by atoms with Crippen molar-refractivity contribution in [2.45, 2.75) is 211 Å². The average Bonchev–Trinajstić information content (AvgIpc) is 3.94. The number of fused-ring (bicyclic) bond motifs is 1. The van der Waals surface area contributed by atoms with Gasteiger partial charge in [-0.25, -0.2) is 0 Å². The number of nitrogens with zero attached hydrogens (tertiary/aromatic N) is 2. The fraction of sp³-hybridized carbons (Fsp3) is 0.739. The zero-order chi connectivity index (χ0) is 38.4. The molecule has 4 aromatic rings. The summed E-state index contributed by atoms with van der Waals surface area (Å²) in [5.74, 6) is 0. The van der Waals surface area contributed by atoms with E-state index in [1.165, 1.54) is 196 Å². The van der Waals surface area contributed by atoms with Gasteiger partial charge in [-0.2, -0.15) is 0 Å². The number of aromatic nitrogens is 2. The predicted octanol–water partition coefficient (Wildman–Crippen LogP) is 16.9. The third-order valence-corrected chi connectivity index (χ3v) is 29.0. The van der Waals surface area contributed by atoms with Crippen LogP contribution in [-0.2, 0) is 17.3 Å². The van der Waals surface area contributed by atoms with E-state index >= 15 is 0 Å². The minimum absolute atomic E-state index is 0.278. The van der Waals surface area contributed by atoms with E-state index in [1.807, 2.05) is 22.7 Å². The topological polar surface area (TPSA) is 25.8 Å². The zero-order valence-electron chi connectivity index (χ0n) is 35.5. The molecule has 0 N–H and O–H groups in total. The molecule has 0 aromatic carbocycles. The van der Waals surface area contributed by atoms with E-state index in [0.717, 1.165) is 9.66 Å². The van der Waals surface area contributed by atoms with Gasteiger partial charge in [0.15, 0.2) is 0 Å². The molecule has 0 aliphatic heterocycles. The van der Waals surface area contributed by atoms with Crippen molar-refractivity contribution in [2.24, 2.45) is 0 Å². The maximum absolute atomic E-state index is 5.34. The van der Waals surface area contributed by atoms with Crippen LogP contribution < -0.4 is 2.89 Å². The zero-order valence-corrected chi connectivity index (χ0v) is 44.5. The first kappa shape index (κ1) is 47.2. The van der Waals surface area contributed by atoms with Crippen LogP contribution >= 0.6 is 45.3 Å². The van der Waals surface area contributed by atoms with Crippen molar-refractivity contribution in [3.8, 4) is 19.8 Å². The van der Waals surface area contributed by atoms with Gasteiger partial charge in [0, 0.05) is 0 Å². The molecule has 0 aliphatic rings. The summed E-state index contributed by atoms with van der Waals surface area (Å²) >= 11 is 5.40. The van der Waals surface area contributed by atoms with Crippen molar-refractivity contribution in [1.82, 2.24) is 9.97 Å². The quantitative estimate of drug-likeness (QED) is 0.0360.